The van der Waals surface area contributed by atoms with Gasteiger partial charge in [-0.15, -0.1) is 0 Å². The Balaban J connectivity index is 2.72. The lowest BCUT2D eigenvalue weighted by atomic mass is 9.91. The normalized spacial score (nSPS) is 20.7. The number of nitriles is 1. The maximum absolute atomic E-state index is 12.3. The van der Waals surface area contributed by atoms with E-state index in [1.807, 2.05) is 11.0 Å². The molecule has 1 atom stereocenters. The van der Waals surface area contributed by atoms with Crippen LogP contribution < -0.4 is 16.1 Å². The number of anilines is 1. The van der Waals surface area contributed by atoms with Gasteiger partial charge in [-0.05, 0) is 19.3 Å². The third-order valence-electron chi connectivity index (χ3n) is 4.73. The maximum Gasteiger partial charge on any atom is 0.332 e. The predicted molar refractivity (Wildman–Crippen MR) is 87.7 cm³/mol. The number of methoxy groups -OCH3 is 1. The molecule has 1 aliphatic heterocycles. The summed E-state index contributed by atoms with van der Waals surface area (Å²) in [4.78, 5) is 26.7. The molecule has 0 amide bonds. The molecule has 23 heavy (non-hydrogen) atoms. The standard InChI is InChI=1S/C16H24N4O3/c1-5-7-16(11-23-4)8-6-9-20(16)13-12(10-17)14(21)19(3)15(22)18(13)2/h5-9,11H2,1-4H3. The largest absolute Gasteiger partial charge is 0.382 e. The molecular formula is C16H24N4O3. The summed E-state index contributed by atoms with van der Waals surface area (Å²) in [7, 11) is 4.66. The third kappa shape index (κ3) is 2.68. The first-order valence-corrected chi connectivity index (χ1v) is 7.90. The number of nitrogens with zero attached hydrogens (tertiary/aromatic N) is 4. The van der Waals surface area contributed by atoms with Crippen LogP contribution in [0.3, 0.4) is 0 Å². The van der Waals surface area contributed by atoms with Gasteiger partial charge in [0.15, 0.2) is 5.56 Å². The quantitative estimate of drug-likeness (QED) is 0.799. The predicted octanol–water partition coefficient (Wildman–Crippen LogP) is 0.741. The van der Waals surface area contributed by atoms with E-state index in [4.69, 9.17) is 4.74 Å². The van der Waals surface area contributed by atoms with Crippen LogP contribution in [0.4, 0.5) is 5.82 Å². The second-order valence-corrected chi connectivity index (χ2v) is 6.18. The van der Waals surface area contributed by atoms with E-state index in [2.05, 4.69) is 6.92 Å². The van der Waals surface area contributed by atoms with Crippen molar-refractivity contribution in [2.24, 2.45) is 14.1 Å². The number of hydrogen-bond acceptors (Lipinski definition) is 5. The molecule has 0 radical (unpaired) electrons. The summed E-state index contributed by atoms with van der Waals surface area (Å²) in [6.07, 6.45) is 3.70. The molecule has 1 aromatic heterocycles. The molecule has 1 unspecified atom stereocenters. The fourth-order valence-corrected chi connectivity index (χ4v) is 3.73. The van der Waals surface area contributed by atoms with Gasteiger partial charge in [-0.25, -0.2) is 4.79 Å². The van der Waals surface area contributed by atoms with E-state index in [0.29, 0.717) is 19.0 Å². The van der Waals surface area contributed by atoms with Crippen LogP contribution in [-0.4, -0.2) is 34.9 Å². The van der Waals surface area contributed by atoms with Crippen molar-refractivity contribution in [2.45, 2.75) is 38.1 Å². The second kappa shape index (κ2) is 6.59. The highest BCUT2D eigenvalue weighted by molar-refractivity contribution is 5.56. The van der Waals surface area contributed by atoms with Gasteiger partial charge < -0.3 is 9.64 Å². The molecule has 0 bridgehead atoms. The van der Waals surface area contributed by atoms with Gasteiger partial charge in [-0.2, -0.15) is 5.26 Å². The van der Waals surface area contributed by atoms with Crippen LogP contribution in [0.25, 0.3) is 0 Å². The molecule has 1 aromatic rings. The first-order chi connectivity index (χ1) is 10.9. The van der Waals surface area contributed by atoms with Crippen molar-refractivity contribution in [3.05, 3.63) is 26.4 Å². The molecule has 1 fully saturated rings. The molecular weight excluding hydrogens is 296 g/mol. The van der Waals surface area contributed by atoms with Crippen LogP contribution >= 0.6 is 0 Å². The number of rotatable bonds is 5. The fourth-order valence-electron chi connectivity index (χ4n) is 3.73. The second-order valence-electron chi connectivity index (χ2n) is 6.18. The molecule has 0 saturated carbocycles. The van der Waals surface area contributed by atoms with Crippen molar-refractivity contribution in [2.75, 3.05) is 25.2 Å². The van der Waals surface area contributed by atoms with Gasteiger partial charge >= 0.3 is 5.69 Å². The van der Waals surface area contributed by atoms with Crippen LogP contribution in [0.5, 0.6) is 0 Å². The minimum atomic E-state index is -0.541. The average molecular weight is 320 g/mol. The molecule has 0 spiro atoms. The van der Waals surface area contributed by atoms with Crippen LogP contribution in [0, 0.1) is 11.3 Å². The third-order valence-corrected chi connectivity index (χ3v) is 4.73. The number of ether oxygens (including phenoxy) is 1. The highest BCUT2D eigenvalue weighted by Crippen LogP contribution is 2.38. The summed E-state index contributed by atoms with van der Waals surface area (Å²) in [5.41, 5.74) is -1.21. The van der Waals surface area contributed by atoms with E-state index in [9.17, 15) is 14.9 Å². The Morgan fingerprint density at radius 2 is 2.00 bits per heavy atom. The number of hydrogen-bond donors (Lipinski definition) is 0. The van der Waals surface area contributed by atoms with Crippen molar-refractivity contribution >= 4 is 5.82 Å². The number of aromatic nitrogens is 2. The van der Waals surface area contributed by atoms with Gasteiger partial charge in [0, 0.05) is 27.7 Å². The zero-order chi connectivity index (χ0) is 17.2. The smallest absolute Gasteiger partial charge is 0.332 e. The Bertz CT molecular complexity index is 735. The SMILES string of the molecule is CCCC1(COC)CCCN1c1c(C#N)c(=O)n(C)c(=O)n1C. The lowest BCUT2D eigenvalue weighted by Crippen LogP contribution is -2.52. The van der Waals surface area contributed by atoms with Gasteiger partial charge in [-0.3, -0.25) is 13.9 Å². The highest BCUT2D eigenvalue weighted by Gasteiger charge is 2.42. The van der Waals surface area contributed by atoms with Crippen LogP contribution in [0.2, 0.25) is 0 Å². The zero-order valence-electron chi connectivity index (χ0n) is 14.3. The molecule has 1 aliphatic rings. The minimum absolute atomic E-state index is 0.0214. The Morgan fingerprint density at radius 1 is 1.30 bits per heavy atom. The molecule has 126 valence electrons. The van der Waals surface area contributed by atoms with Crippen LogP contribution in [0.15, 0.2) is 9.59 Å². The minimum Gasteiger partial charge on any atom is -0.382 e. The first-order valence-electron chi connectivity index (χ1n) is 7.90. The Labute approximate surface area is 135 Å². The van der Waals surface area contributed by atoms with Crippen molar-refractivity contribution in [1.29, 1.82) is 5.26 Å². The highest BCUT2D eigenvalue weighted by atomic mass is 16.5. The molecule has 2 heterocycles. The summed E-state index contributed by atoms with van der Waals surface area (Å²) >= 11 is 0. The molecule has 2 rings (SSSR count). The van der Waals surface area contributed by atoms with Gasteiger partial charge in [0.25, 0.3) is 5.56 Å². The summed E-state index contributed by atoms with van der Waals surface area (Å²) in [5, 5.41) is 9.49. The molecule has 0 N–H and O–H groups in total. The van der Waals surface area contributed by atoms with E-state index < -0.39 is 11.2 Å². The Hall–Kier alpha value is -2.07. The van der Waals surface area contributed by atoms with Crippen molar-refractivity contribution in [1.82, 2.24) is 9.13 Å². The lowest BCUT2D eigenvalue weighted by molar-refractivity contribution is 0.127. The van der Waals surface area contributed by atoms with Crippen molar-refractivity contribution in [3.8, 4) is 6.07 Å². The van der Waals surface area contributed by atoms with Crippen molar-refractivity contribution in [3.63, 3.8) is 0 Å². The molecule has 0 aromatic carbocycles. The zero-order valence-corrected chi connectivity index (χ0v) is 14.3. The summed E-state index contributed by atoms with van der Waals surface area (Å²) in [6.45, 7) is 3.32. The van der Waals surface area contributed by atoms with Gasteiger partial charge in [0.2, 0.25) is 0 Å². The van der Waals surface area contributed by atoms with Crippen LogP contribution in [-0.2, 0) is 18.8 Å². The molecule has 0 aliphatic carbocycles. The van der Waals surface area contributed by atoms with Gasteiger partial charge in [-0.1, -0.05) is 13.3 Å². The molecule has 1 saturated heterocycles. The van der Waals surface area contributed by atoms with Gasteiger partial charge in [0.1, 0.15) is 11.9 Å². The summed E-state index contributed by atoms with van der Waals surface area (Å²) in [6, 6.07) is 2.00. The molecule has 7 nitrogen and oxygen atoms in total. The maximum atomic E-state index is 12.3. The Morgan fingerprint density at radius 3 is 2.57 bits per heavy atom. The lowest BCUT2D eigenvalue weighted by Gasteiger charge is -2.40. The van der Waals surface area contributed by atoms with E-state index in [0.717, 1.165) is 30.3 Å². The topological polar surface area (TPSA) is 80.3 Å². The van der Waals surface area contributed by atoms with E-state index in [1.54, 1.807) is 14.2 Å². The van der Waals surface area contributed by atoms with Crippen LogP contribution in [0.1, 0.15) is 38.2 Å². The Kier molecular flexibility index (Phi) is 4.95. The summed E-state index contributed by atoms with van der Waals surface area (Å²) in [5.74, 6) is 0.420. The summed E-state index contributed by atoms with van der Waals surface area (Å²) < 4.78 is 7.83. The first kappa shape index (κ1) is 17.3. The monoisotopic (exact) mass is 320 g/mol. The van der Waals surface area contributed by atoms with Gasteiger partial charge in [0.05, 0.1) is 12.1 Å². The molecule has 7 heteroatoms. The average Bonchev–Trinajstić information content (AvgIpc) is 2.92. The van der Waals surface area contributed by atoms with E-state index in [1.165, 1.54) is 11.6 Å². The van der Waals surface area contributed by atoms with E-state index in [-0.39, 0.29) is 11.1 Å². The fraction of sp³-hybridized carbons (Fsp3) is 0.688. The van der Waals surface area contributed by atoms with E-state index >= 15 is 0 Å². The van der Waals surface area contributed by atoms with Crippen molar-refractivity contribution < 1.29 is 4.74 Å².